The number of thioether (sulfide) groups is 1. The smallest absolute Gasteiger partial charge is 0.272 e. The van der Waals surface area contributed by atoms with Gasteiger partial charge in [-0.1, -0.05) is 24.3 Å². The summed E-state index contributed by atoms with van der Waals surface area (Å²) in [6.07, 6.45) is 4.49. The molecule has 0 fully saturated rings. The van der Waals surface area contributed by atoms with E-state index >= 15 is 0 Å². The van der Waals surface area contributed by atoms with Crippen LogP contribution in [-0.2, 0) is 11.3 Å². The zero-order valence-corrected chi connectivity index (χ0v) is 16.6. The number of hydrogen-bond acceptors (Lipinski definition) is 5. The Balaban J connectivity index is 1.54. The summed E-state index contributed by atoms with van der Waals surface area (Å²) in [5, 5.41) is 15.7. The zero-order valence-electron chi connectivity index (χ0n) is 15.7. The lowest BCUT2D eigenvalue weighted by molar-refractivity contribution is -0.705. The number of fused-ring (bicyclic) bond motifs is 1. The fourth-order valence-corrected chi connectivity index (χ4v) is 3.69. The molecule has 0 spiro atoms. The molecule has 0 aliphatic carbocycles. The molecule has 0 radical (unpaired) electrons. The van der Waals surface area contributed by atoms with Crippen molar-refractivity contribution < 1.29 is 14.3 Å². The van der Waals surface area contributed by atoms with Gasteiger partial charge in [-0.25, -0.2) is 15.0 Å². The van der Waals surface area contributed by atoms with E-state index in [9.17, 15) is 14.9 Å². The average molecular weight is 410 g/mol. The Labute approximate surface area is 171 Å². The van der Waals surface area contributed by atoms with E-state index in [0.717, 1.165) is 22.7 Å². The highest BCUT2D eigenvalue weighted by atomic mass is 32.2. The van der Waals surface area contributed by atoms with Crippen molar-refractivity contribution in [2.45, 2.75) is 18.6 Å². The van der Waals surface area contributed by atoms with Crippen molar-refractivity contribution in [3.05, 3.63) is 70.3 Å². The molecule has 0 aliphatic heterocycles. The van der Waals surface area contributed by atoms with Gasteiger partial charge in [0.25, 0.3) is 11.6 Å². The number of nitrogens with one attached hydrogen (secondary N) is 2. The maximum Gasteiger partial charge on any atom is 0.317 e. The van der Waals surface area contributed by atoms with Crippen molar-refractivity contribution >= 4 is 46.7 Å². The Morgan fingerprint density at radius 2 is 2.03 bits per heavy atom. The van der Waals surface area contributed by atoms with Gasteiger partial charge < -0.3 is 0 Å². The number of nitrogens with zero attached hydrogens (tertiary/aromatic N) is 3. The number of carbonyl (C=O) groups is 1. The molecule has 0 saturated carbocycles. The van der Waals surface area contributed by atoms with Gasteiger partial charge in [-0.3, -0.25) is 14.9 Å². The normalized spacial score (nSPS) is 11.5. The third-order valence-corrected chi connectivity index (χ3v) is 5.10. The lowest BCUT2D eigenvalue weighted by Gasteiger charge is -1.98. The van der Waals surface area contributed by atoms with Crippen molar-refractivity contribution in [3.8, 4) is 0 Å². The van der Waals surface area contributed by atoms with Gasteiger partial charge in [0.1, 0.15) is 0 Å². The van der Waals surface area contributed by atoms with E-state index in [4.69, 9.17) is 0 Å². The predicted molar refractivity (Wildman–Crippen MR) is 114 cm³/mol. The Hall–Kier alpha value is -3.46. The van der Waals surface area contributed by atoms with Crippen LogP contribution in [-0.4, -0.2) is 27.8 Å². The number of carbonyl (C=O) groups excluding carboxylic acids is 1. The minimum atomic E-state index is -0.442. The fraction of sp³-hybridized carbons (Fsp3) is 0.150. The third kappa shape index (κ3) is 5.08. The van der Waals surface area contributed by atoms with Gasteiger partial charge in [-0.05, 0) is 49.0 Å². The summed E-state index contributed by atoms with van der Waals surface area (Å²) in [4.78, 5) is 25.9. The maximum absolute atomic E-state index is 12.0. The fourth-order valence-electron chi connectivity index (χ4n) is 2.79. The number of nitro groups is 1. The molecule has 0 bridgehead atoms. The van der Waals surface area contributed by atoms with E-state index in [1.54, 1.807) is 30.4 Å². The number of hydrazone groups is 1. The van der Waals surface area contributed by atoms with E-state index in [2.05, 4.69) is 27.0 Å². The topological polar surface area (TPSA) is 104 Å². The van der Waals surface area contributed by atoms with Gasteiger partial charge in [0, 0.05) is 12.3 Å². The van der Waals surface area contributed by atoms with Crippen molar-refractivity contribution in [1.82, 2.24) is 10.4 Å². The number of allylic oxidation sites excluding steroid dienone is 1. The number of hydrogen-bond donors (Lipinski definition) is 2. The summed E-state index contributed by atoms with van der Waals surface area (Å²) in [6.45, 7) is 2.85. The van der Waals surface area contributed by atoms with Gasteiger partial charge in [0.05, 0.1) is 22.8 Å². The number of imidazole rings is 1. The van der Waals surface area contributed by atoms with Crippen LogP contribution in [0.25, 0.3) is 17.1 Å². The van der Waals surface area contributed by atoms with Crippen molar-refractivity contribution in [2.24, 2.45) is 5.10 Å². The molecule has 0 atom stereocenters. The largest absolute Gasteiger partial charge is 0.317 e. The lowest BCUT2D eigenvalue weighted by atomic mass is 10.2. The molecule has 0 aliphatic rings. The SMILES string of the molecule is CC[n+]1c(SCC(=O)NN=CC=Cc2ccccc2[N+](=O)[O-])[nH]c2ccccc21. The molecule has 3 rings (SSSR count). The molecule has 3 aromatic rings. The summed E-state index contributed by atoms with van der Waals surface area (Å²) in [6, 6.07) is 14.4. The van der Waals surface area contributed by atoms with Gasteiger partial charge >= 0.3 is 5.16 Å². The minimum absolute atomic E-state index is 0.0140. The molecule has 2 N–H and O–H groups in total. The number of nitro benzene ring substituents is 1. The maximum atomic E-state index is 12.0. The van der Waals surface area contributed by atoms with Crippen molar-refractivity contribution in [2.75, 3.05) is 5.75 Å². The molecule has 0 saturated heterocycles. The number of para-hydroxylation sites is 3. The van der Waals surface area contributed by atoms with Gasteiger partial charge in [-0.2, -0.15) is 5.10 Å². The highest BCUT2D eigenvalue weighted by molar-refractivity contribution is 7.99. The van der Waals surface area contributed by atoms with Crippen LogP contribution in [0.2, 0.25) is 0 Å². The number of aryl methyl sites for hydroxylation is 1. The molecule has 1 heterocycles. The summed E-state index contributed by atoms with van der Waals surface area (Å²) in [5.74, 6) is -0.0375. The Kier molecular flexibility index (Phi) is 6.75. The van der Waals surface area contributed by atoms with Gasteiger partial charge in [0.2, 0.25) is 0 Å². The number of H-pyrrole nitrogens is 1. The van der Waals surface area contributed by atoms with Gasteiger partial charge in [0.15, 0.2) is 11.0 Å². The Bertz CT molecular complexity index is 1090. The number of aromatic amines is 1. The van der Waals surface area contributed by atoms with Crippen LogP contribution in [0.5, 0.6) is 0 Å². The third-order valence-electron chi connectivity index (χ3n) is 4.10. The molecule has 8 nitrogen and oxygen atoms in total. The second-order valence-corrected chi connectivity index (χ2v) is 6.93. The zero-order chi connectivity index (χ0) is 20.6. The first-order valence-electron chi connectivity index (χ1n) is 8.95. The lowest BCUT2D eigenvalue weighted by Crippen LogP contribution is -2.34. The summed E-state index contributed by atoms with van der Waals surface area (Å²) >= 11 is 1.40. The first-order valence-corrected chi connectivity index (χ1v) is 9.94. The molecule has 9 heteroatoms. The van der Waals surface area contributed by atoms with Crippen LogP contribution >= 0.6 is 11.8 Å². The molecule has 148 valence electrons. The number of aromatic nitrogens is 2. The molecule has 1 amide bonds. The van der Waals surface area contributed by atoms with Crippen molar-refractivity contribution in [3.63, 3.8) is 0 Å². The van der Waals surface area contributed by atoms with E-state index < -0.39 is 4.92 Å². The number of amides is 1. The Morgan fingerprint density at radius 1 is 1.28 bits per heavy atom. The molecule has 1 aromatic heterocycles. The molecule has 0 unspecified atom stereocenters. The van der Waals surface area contributed by atoms with Crippen LogP contribution in [0.15, 0.2) is 64.9 Å². The highest BCUT2D eigenvalue weighted by Crippen LogP contribution is 2.19. The molecule has 29 heavy (non-hydrogen) atoms. The molecular formula is C20H20N5O3S+. The number of rotatable bonds is 8. The Morgan fingerprint density at radius 3 is 2.83 bits per heavy atom. The second-order valence-electron chi connectivity index (χ2n) is 5.97. The molecule has 2 aromatic carbocycles. The van der Waals surface area contributed by atoms with Crippen LogP contribution in [0, 0.1) is 10.1 Å². The van der Waals surface area contributed by atoms with Crippen LogP contribution < -0.4 is 9.99 Å². The quantitative estimate of drug-likeness (QED) is 0.195. The van der Waals surface area contributed by atoms with E-state index in [-0.39, 0.29) is 17.3 Å². The summed E-state index contributed by atoms with van der Waals surface area (Å²) < 4.78 is 2.12. The van der Waals surface area contributed by atoms with Crippen molar-refractivity contribution in [1.29, 1.82) is 0 Å². The molecular weight excluding hydrogens is 390 g/mol. The first-order chi connectivity index (χ1) is 14.1. The monoisotopic (exact) mass is 410 g/mol. The van der Waals surface area contributed by atoms with E-state index in [1.165, 1.54) is 24.0 Å². The number of benzene rings is 2. The average Bonchev–Trinajstić information content (AvgIpc) is 3.09. The summed E-state index contributed by atoms with van der Waals surface area (Å²) in [5.41, 5.74) is 5.05. The van der Waals surface area contributed by atoms with Gasteiger partial charge in [-0.15, -0.1) is 0 Å². The first kappa shape index (κ1) is 20.3. The minimum Gasteiger partial charge on any atom is -0.272 e. The standard InChI is InChI=1S/C20H19N5O3S/c1-2-24-18-12-6-4-10-16(18)22-20(24)29-14-19(26)23-21-13-7-9-15-8-3-5-11-17(15)25(27)28/h3-13H,2,14H2,1H3,(H,23,26)/p+1. The summed E-state index contributed by atoms with van der Waals surface area (Å²) in [7, 11) is 0. The predicted octanol–water partition coefficient (Wildman–Crippen LogP) is 3.29. The van der Waals surface area contributed by atoms with Crippen LogP contribution in [0.1, 0.15) is 12.5 Å². The highest BCUT2D eigenvalue weighted by Gasteiger charge is 2.18. The van der Waals surface area contributed by atoms with Crippen LogP contribution in [0.3, 0.4) is 0 Å². The van der Waals surface area contributed by atoms with E-state index in [0.29, 0.717) is 5.56 Å². The second kappa shape index (κ2) is 9.65. The van der Waals surface area contributed by atoms with Crippen LogP contribution in [0.4, 0.5) is 5.69 Å². The van der Waals surface area contributed by atoms with E-state index in [1.807, 2.05) is 24.3 Å².